The standard InChI is InChI=1S/C18H26F2N2O2.ClH/c1-13(15-7-9-21-10-8-15)11-17(23)22(2)12-14-3-5-16(6-4-14)24-18(19)20;/h3-6,13,15,18,21H,7-12H2,1-2H3;1H. The SMILES string of the molecule is CC(CC(=O)N(C)Cc1ccc(OC(F)F)cc1)C1CCNCC1.Cl. The van der Waals surface area contributed by atoms with Crippen LogP contribution in [-0.4, -0.2) is 37.6 Å². The topological polar surface area (TPSA) is 41.6 Å². The normalized spacial score (nSPS) is 16.2. The van der Waals surface area contributed by atoms with Crippen molar-refractivity contribution in [3.8, 4) is 5.75 Å². The number of amides is 1. The second-order valence-corrected chi connectivity index (χ2v) is 6.54. The molecule has 1 atom stereocenters. The second kappa shape index (κ2) is 10.6. The number of hydrogen-bond acceptors (Lipinski definition) is 3. The van der Waals surface area contributed by atoms with Gasteiger partial charge in [-0.3, -0.25) is 4.79 Å². The lowest BCUT2D eigenvalue weighted by Crippen LogP contribution is -2.34. The molecule has 0 radical (unpaired) electrons. The average molecular weight is 377 g/mol. The van der Waals surface area contributed by atoms with Gasteiger partial charge < -0.3 is 15.0 Å². The van der Waals surface area contributed by atoms with E-state index in [0.717, 1.165) is 31.5 Å². The molecule has 1 heterocycles. The first-order valence-corrected chi connectivity index (χ1v) is 8.44. The maximum Gasteiger partial charge on any atom is 0.387 e. The average Bonchev–Trinajstić information content (AvgIpc) is 2.56. The van der Waals surface area contributed by atoms with E-state index in [2.05, 4.69) is 17.0 Å². The molecule has 1 saturated heterocycles. The van der Waals surface area contributed by atoms with E-state index >= 15 is 0 Å². The van der Waals surface area contributed by atoms with Crippen LogP contribution in [0.4, 0.5) is 8.78 Å². The molecular weight excluding hydrogens is 350 g/mol. The van der Waals surface area contributed by atoms with Crippen LogP contribution < -0.4 is 10.1 Å². The maximum absolute atomic E-state index is 12.4. The van der Waals surface area contributed by atoms with Gasteiger partial charge in [-0.05, 0) is 55.5 Å². The van der Waals surface area contributed by atoms with Gasteiger partial charge in [0.1, 0.15) is 5.75 Å². The summed E-state index contributed by atoms with van der Waals surface area (Å²) in [7, 11) is 1.78. The highest BCUT2D eigenvalue weighted by Crippen LogP contribution is 2.25. The Morgan fingerprint density at radius 1 is 1.28 bits per heavy atom. The molecule has 1 amide bonds. The summed E-state index contributed by atoms with van der Waals surface area (Å²) in [5.74, 6) is 1.23. The predicted octanol–water partition coefficient (Wildman–Crippen LogP) is 3.69. The molecule has 2 rings (SSSR count). The Morgan fingerprint density at radius 2 is 1.88 bits per heavy atom. The van der Waals surface area contributed by atoms with E-state index in [-0.39, 0.29) is 24.1 Å². The molecule has 142 valence electrons. The number of halogens is 3. The number of nitrogens with zero attached hydrogens (tertiary/aromatic N) is 1. The predicted molar refractivity (Wildman–Crippen MR) is 96.2 cm³/mol. The van der Waals surface area contributed by atoms with Crippen LogP contribution in [0.1, 0.15) is 31.7 Å². The summed E-state index contributed by atoms with van der Waals surface area (Å²) in [6.07, 6.45) is 2.81. The van der Waals surface area contributed by atoms with Crippen molar-refractivity contribution in [3.05, 3.63) is 29.8 Å². The Balaban J connectivity index is 0.00000312. The number of ether oxygens (including phenoxy) is 1. The molecule has 0 bridgehead atoms. The van der Waals surface area contributed by atoms with Gasteiger partial charge in [0.25, 0.3) is 0 Å². The number of alkyl halides is 2. The van der Waals surface area contributed by atoms with Crippen LogP contribution in [0.2, 0.25) is 0 Å². The highest BCUT2D eigenvalue weighted by atomic mass is 35.5. The van der Waals surface area contributed by atoms with Gasteiger partial charge in [-0.25, -0.2) is 0 Å². The minimum Gasteiger partial charge on any atom is -0.435 e. The largest absolute Gasteiger partial charge is 0.435 e. The van der Waals surface area contributed by atoms with Crippen molar-refractivity contribution in [2.45, 2.75) is 39.3 Å². The fourth-order valence-corrected chi connectivity index (χ4v) is 3.15. The Hall–Kier alpha value is -1.40. The molecule has 1 aliphatic rings. The first kappa shape index (κ1) is 21.6. The van der Waals surface area contributed by atoms with E-state index in [1.54, 1.807) is 24.1 Å². The summed E-state index contributed by atoms with van der Waals surface area (Å²) in [4.78, 5) is 14.1. The lowest BCUT2D eigenvalue weighted by atomic mass is 9.84. The summed E-state index contributed by atoms with van der Waals surface area (Å²) in [5, 5.41) is 3.34. The fourth-order valence-electron chi connectivity index (χ4n) is 3.15. The molecule has 1 fully saturated rings. The number of hydrogen-bond donors (Lipinski definition) is 1. The number of rotatable bonds is 7. The second-order valence-electron chi connectivity index (χ2n) is 6.54. The fraction of sp³-hybridized carbons (Fsp3) is 0.611. The summed E-state index contributed by atoms with van der Waals surface area (Å²) >= 11 is 0. The quantitative estimate of drug-likeness (QED) is 0.789. The van der Waals surface area contributed by atoms with Crippen molar-refractivity contribution in [1.82, 2.24) is 10.2 Å². The monoisotopic (exact) mass is 376 g/mol. The van der Waals surface area contributed by atoms with Crippen LogP contribution >= 0.6 is 12.4 Å². The highest BCUT2D eigenvalue weighted by molar-refractivity contribution is 5.85. The minimum atomic E-state index is -2.82. The molecule has 0 spiro atoms. The van der Waals surface area contributed by atoms with Crippen molar-refractivity contribution in [2.75, 3.05) is 20.1 Å². The molecule has 4 nitrogen and oxygen atoms in total. The van der Waals surface area contributed by atoms with Crippen LogP contribution in [0, 0.1) is 11.8 Å². The van der Waals surface area contributed by atoms with Crippen LogP contribution in [0.5, 0.6) is 5.75 Å². The molecule has 1 aromatic carbocycles. The molecule has 1 aromatic rings. The Kier molecular flexibility index (Phi) is 9.14. The zero-order valence-corrected chi connectivity index (χ0v) is 15.5. The molecule has 1 N–H and O–H groups in total. The lowest BCUT2D eigenvalue weighted by molar-refractivity contribution is -0.131. The summed E-state index contributed by atoms with van der Waals surface area (Å²) in [6, 6.07) is 6.41. The van der Waals surface area contributed by atoms with Gasteiger partial charge in [0.2, 0.25) is 5.91 Å². The van der Waals surface area contributed by atoms with Crippen LogP contribution in [-0.2, 0) is 11.3 Å². The number of nitrogens with one attached hydrogen (secondary N) is 1. The van der Waals surface area contributed by atoms with Crippen molar-refractivity contribution >= 4 is 18.3 Å². The number of benzene rings is 1. The lowest BCUT2D eigenvalue weighted by Gasteiger charge is -2.29. The van der Waals surface area contributed by atoms with E-state index in [9.17, 15) is 13.6 Å². The number of carbonyl (C=O) groups is 1. The van der Waals surface area contributed by atoms with E-state index in [0.29, 0.717) is 24.8 Å². The third-order valence-electron chi connectivity index (χ3n) is 4.68. The molecule has 0 saturated carbocycles. The minimum absolute atomic E-state index is 0. The first-order chi connectivity index (χ1) is 11.5. The zero-order valence-electron chi connectivity index (χ0n) is 14.7. The van der Waals surface area contributed by atoms with Crippen LogP contribution in [0.3, 0.4) is 0 Å². The van der Waals surface area contributed by atoms with E-state index in [4.69, 9.17) is 0 Å². The molecule has 1 aliphatic heterocycles. The summed E-state index contributed by atoms with van der Waals surface area (Å²) < 4.78 is 28.6. The molecule has 1 unspecified atom stereocenters. The number of piperidine rings is 1. The third kappa shape index (κ3) is 7.16. The van der Waals surface area contributed by atoms with Gasteiger partial charge in [0.15, 0.2) is 0 Å². The number of carbonyl (C=O) groups excluding carboxylic acids is 1. The van der Waals surface area contributed by atoms with Gasteiger partial charge in [-0.15, -0.1) is 12.4 Å². The molecule has 0 aromatic heterocycles. The van der Waals surface area contributed by atoms with Crippen molar-refractivity contribution in [2.24, 2.45) is 11.8 Å². The maximum atomic E-state index is 12.4. The van der Waals surface area contributed by atoms with Crippen molar-refractivity contribution in [1.29, 1.82) is 0 Å². The van der Waals surface area contributed by atoms with Gasteiger partial charge in [-0.2, -0.15) is 8.78 Å². The Morgan fingerprint density at radius 3 is 2.44 bits per heavy atom. The summed E-state index contributed by atoms with van der Waals surface area (Å²) in [6.45, 7) is 1.86. The van der Waals surface area contributed by atoms with Gasteiger partial charge in [0.05, 0.1) is 0 Å². The van der Waals surface area contributed by atoms with Crippen molar-refractivity contribution < 1.29 is 18.3 Å². The van der Waals surface area contributed by atoms with Crippen LogP contribution in [0.15, 0.2) is 24.3 Å². The van der Waals surface area contributed by atoms with Gasteiger partial charge >= 0.3 is 6.61 Å². The molecule has 25 heavy (non-hydrogen) atoms. The smallest absolute Gasteiger partial charge is 0.387 e. The first-order valence-electron chi connectivity index (χ1n) is 8.44. The molecule has 0 aliphatic carbocycles. The molecular formula is C18H27ClF2N2O2. The van der Waals surface area contributed by atoms with E-state index in [1.165, 1.54) is 12.1 Å². The van der Waals surface area contributed by atoms with Gasteiger partial charge in [-0.1, -0.05) is 19.1 Å². The highest BCUT2D eigenvalue weighted by Gasteiger charge is 2.23. The molecule has 7 heteroatoms. The van der Waals surface area contributed by atoms with E-state index in [1.807, 2.05) is 0 Å². The van der Waals surface area contributed by atoms with Crippen molar-refractivity contribution in [3.63, 3.8) is 0 Å². The summed E-state index contributed by atoms with van der Waals surface area (Å²) in [5.41, 5.74) is 0.891. The van der Waals surface area contributed by atoms with E-state index < -0.39 is 6.61 Å². The van der Waals surface area contributed by atoms with Crippen LogP contribution in [0.25, 0.3) is 0 Å². The third-order valence-corrected chi connectivity index (χ3v) is 4.68. The zero-order chi connectivity index (χ0) is 17.5. The Labute approximate surface area is 154 Å². The van der Waals surface area contributed by atoms with Gasteiger partial charge in [0, 0.05) is 20.0 Å². The Bertz CT molecular complexity index is 522.